The van der Waals surface area contributed by atoms with E-state index in [0.717, 1.165) is 12.8 Å². The Labute approximate surface area is 120 Å². The van der Waals surface area contributed by atoms with Crippen molar-refractivity contribution < 1.29 is 9.45 Å². The van der Waals surface area contributed by atoms with Gasteiger partial charge in [0.1, 0.15) is 5.56 Å². The first-order valence-corrected chi connectivity index (χ1v) is 6.70. The molecule has 7 heteroatoms. The lowest BCUT2D eigenvalue weighted by Crippen LogP contribution is -1.96. The van der Waals surface area contributed by atoms with Crippen LogP contribution in [0.2, 0.25) is 0 Å². The van der Waals surface area contributed by atoms with E-state index in [2.05, 4.69) is 10.1 Å². The van der Waals surface area contributed by atoms with Crippen molar-refractivity contribution in [1.82, 2.24) is 10.1 Å². The number of alkyl halides is 1. The summed E-state index contributed by atoms with van der Waals surface area (Å²) in [6, 6.07) is 4.97. The van der Waals surface area contributed by atoms with Gasteiger partial charge >= 0.3 is 0 Å². The normalized spacial score (nSPS) is 12.3. The minimum atomic E-state index is -0.446. The minimum absolute atomic E-state index is 0.0238. The SMILES string of the molecule is CCCC(Cl)c1noc(-c2cccc(C)c2[N+](=O)[O-])n1. The third-order valence-electron chi connectivity index (χ3n) is 2.91. The van der Waals surface area contributed by atoms with Crippen LogP contribution in [0.25, 0.3) is 11.5 Å². The van der Waals surface area contributed by atoms with Crippen LogP contribution in [0.4, 0.5) is 5.69 Å². The number of rotatable bonds is 5. The van der Waals surface area contributed by atoms with Crippen LogP contribution >= 0.6 is 11.6 Å². The van der Waals surface area contributed by atoms with Crippen molar-refractivity contribution >= 4 is 17.3 Å². The first kappa shape index (κ1) is 14.5. The Morgan fingerprint density at radius 3 is 2.90 bits per heavy atom. The lowest BCUT2D eigenvalue weighted by molar-refractivity contribution is -0.384. The number of halogens is 1. The number of benzene rings is 1. The van der Waals surface area contributed by atoms with E-state index in [0.29, 0.717) is 17.0 Å². The molecule has 1 aromatic carbocycles. The molecule has 1 atom stereocenters. The maximum atomic E-state index is 11.1. The van der Waals surface area contributed by atoms with Crippen LogP contribution in [0.15, 0.2) is 22.7 Å². The van der Waals surface area contributed by atoms with Gasteiger partial charge in [-0.15, -0.1) is 11.6 Å². The van der Waals surface area contributed by atoms with Crippen LogP contribution in [0, 0.1) is 17.0 Å². The number of hydrogen-bond acceptors (Lipinski definition) is 5. The second-order valence-electron chi connectivity index (χ2n) is 4.44. The zero-order valence-corrected chi connectivity index (χ0v) is 11.9. The van der Waals surface area contributed by atoms with Gasteiger partial charge < -0.3 is 4.52 Å². The zero-order chi connectivity index (χ0) is 14.7. The molecule has 0 spiro atoms. The molecule has 1 aromatic heterocycles. The van der Waals surface area contributed by atoms with Crippen molar-refractivity contribution in [2.75, 3.05) is 0 Å². The van der Waals surface area contributed by atoms with Crippen molar-refractivity contribution in [2.24, 2.45) is 0 Å². The molecular weight excluding hydrogens is 282 g/mol. The highest BCUT2D eigenvalue weighted by Gasteiger charge is 2.24. The standard InChI is InChI=1S/C13H14ClN3O3/c1-3-5-10(14)12-15-13(20-16-12)9-7-4-6-8(2)11(9)17(18)19/h4,6-7,10H,3,5H2,1-2H3. The quantitative estimate of drug-likeness (QED) is 0.472. The molecule has 6 nitrogen and oxygen atoms in total. The molecule has 20 heavy (non-hydrogen) atoms. The molecule has 0 radical (unpaired) electrons. The van der Waals surface area contributed by atoms with Crippen LogP contribution in [-0.4, -0.2) is 15.1 Å². The zero-order valence-electron chi connectivity index (χ0n) is 11.2. The Kier molecular flexibility index (Phi) is 4.34. The molecule has 2 rings (SSSR count). The predicted molar refractivity (Wildman–Crippen MR) is 74.6 cm³/mol. The van der Waals surface area contributed by atoms with Gasteiger partial charge in [0.25, 0.3) is 11.6 Å². The van der Waals surface area contributed by atoms with Gasteiger partial charge in [-0.3, -0.25) is 10.1 Å². The van der Waals surface area contributed by atoms with E-state index in [1.165, 1.54) is 0 Å². The van der Waals surface area contributed by atoms with Crippen molar-refractivity contribution in [3.63, 3.8) is 0 Å². The molecule has 106 valence electrons. The Morgan fingerprint density at radius 1 is 1.50 bits per heavy atom. The first-order chi connectivity index (χ1) is 9.54. The molecule has 1 unspecified atom stereocenters. The number of nitro benzene ring substituents is 1. The van der Waals surface area contributed by atoms with Crippen molar-refractivity contribution in [3.05, 3.63) is 39.7 Å². The van der Waals surface area contributed by atoms with Crippen molar-refractivity contribution in [1.29, 1.82) is 0 Å². The molecule has 0 N–H and O–H groups in total. The van der Waals surface area contributed by atoms with E-state index in [1.807, 2.05) is 6.92 Å². The van der Waals surface area contributed by atoms with E-state index in [9.17, 15) is 10.1 Å². The van der Waals surface area contributed by atoms with Gasteiger partial charge in [-0.2, -0.15) is 4.98 Å². The molecule has 0 aliphatic carbocycles. The third-order valence-corrected chi connectivity index (χ3v) is 3.33. The van der Waals surface area contributed by atoms with Crippen molar-refractivity contribution in [3.8, 4) is 11.5 Å². The lowest BCUT2D eigenvalue weighted by atomic mass is 10.1. The second-order valence-corrected chi connectivity index (χ2v) is 4.97. The number of hydrogen-bond donors (Lipinski definition) is 0. The van der Waals surface area contributed by atoms with Gasteiger partial charge in [0.2, 0.25) is 0 Å². The number of nitrogens with zero attached hydrogens (tertiary/aromatic N) is 3. The molecule has 0 aliphatic heterocycles. The molecule has 1 heterocycles. The smallest absolute Gasteiger partial charge is 0.285 e. The van der Waals surface area contributed by atoms with Gasteiger partial charge in [-0.1, -0.05) is 30.6 Å². The highest BCUT2D eigenvalue weighted by molar-refractivity contribution is 6.20. The van der Waals surface area contributed by atoms with Crippen LogP contribution in [0.1, 0.15) is 36.5 Å². The summed E-state index contributed by atoms with van der Waals surface area (Å²) in [5.74, 6) is 0.483. The van der Waals surface area contributed by atoms with E-state index in [1.54, 1.807) is 25.1 Å². The average molecular weight is 296 g/mol. The molecule has 0 amide bonds. The Hall–Kier alpha value is -1.95. The van der Waals surface area contributed by atoms with Crippen LogP contribution in [0.5, 0.6) is 0 Å². The van der Waals surface area contributed by atoms with E-state index < -0.39 is 4.92 Å². The Balaban J connectivity index is 2.43. The molecule has 0 fully saturated rings. The topological polar surface area (TPSA) is 82.1 Å². The van der Waals surface area contributed by atoms with E-state index in [4.69, 9.17) is 16.1 Å². The largest absolute Gasteiger partial charge is 0.334 e. The summed E-state index contributed by atoms with van der Waals surface area (Å²) in [5, 5.41) is 14.6. The average Bonchev–Trinajstić information content (AvgIpc) is 2.87. The fourth-order valence-corrected chi connectivity index (χ4v) is 2.23. The summed E-state index contributed by atoms with van der Waals surface area (Å²) < 4.78 is 5.11. The number of para-hydroxylation sites is 1. The Morgan fingerprint density at radius 2 is 2.25 bits per heavy atom. The van der Waals surface area contributed by atoms with Gasteiger partial charge in [0.05, 0.1) is 10.3 Å². The molecule has 0 aliphatic rings. The van der Waals surface area contributed by atoms with Crippen LogP contribution < -0.4 is 0 Å². The van der Waals surface area contributed by atoms with Gasteiger partial charge in [-0.05, 0) is 19.4 Å². The Bertz CT molecular complexity index is 627. The number of nitro groups is 1. The van der Waals surface area contributed by atoms with Crippen LogP contribution in [-0.2, 0) is 0 Å². The van der Waals surface area contributed by atoms with Gasteiger partial charge in [-0.25, -0.2) is 0 Å². The monoisotopic (exact) mass is 295 g/mol. The highest BCUT2D eigenvalue weighted by atomic mass is 35.5. The minimum Gasteiger partial charge on any atom is -0.334 e. The molecule has 0 bridgehead atoms. The fourth-order valence-electron chi connectivity index (χ4n) is 1.93. The highest BCUT2D eigenvalue weighted by Crippen LogP contribution is 2.33. The molecule has 0 saturated carbocycles. The summed E-state index contributed by atoms with van der Waals surface area (Å²) in [7, 11) is 0. The fraction of sp³-hybridized carbons (Fsp3) is 0.385. The summed E-state index contributed by atoms with van der Waals surface area (Å²) in [6.07, 6.45) is 1.61. The van der Waals surface area contributed by atoms with Crippen LogP contribution in [0.3, 0.4) is 0 Å². The van der Waals surface area contributed by atoms with Gasteiger partial charge in [0, 0.05) is 5.56 Å². The molecule has 2 aromatic rings. The maximum Gasteiger partial charge on any atom is 0.285 e. The summed E-state index contributed by atoms with van der Waals surface area (Å²) in [4.78, 5) is 14.9. The molecule has 0 saturated heterocycles. The third kappa shape index (κ3) is 2.80. The maximum absolute atomic E-state index is 11.1. The summed E-state index contributed by atoms with van der Waals surface area (Å²) in [6.45, 7) is 3.67. The lowest BCUT2D eigenvalue weighted by Gasteiger charge is -2.01. The van der Waals surface area contributed by atoms with E-state index >= 15 is 0 Å². The summed E-state index contributed by atoms with van der Waals surface area (Å²) >= 11 is 6.12. The van der Waals surface area contributed by atoms with Gasteiger partial charge in [0.15, 0.2) is 5.82 Å². The number of aryl methyl sites for hydroxylation is 1. The first-order valence-electron chi connectivity index (χ1n) is 6.26. The summed E-state index contributed by atoms with van der Waals surface area (Å²) in [5.41, 5.74) is 0.835. The van der Waals surface area contributed by atoms with Crippen molar-refractivity contribution in [2.45, 2.75) is 32.1 Å². The predicted octanol–water partition coefficient (Wildman–Crippen LogP) is 4.03. The molecular formula is C13H14ClN3O3. The number of aromatic nitrogens is 2. The van der Waals surface area contributed by atoms with E-state index in [-0.39, 0.29) is 17.0 Å². The second kappa shape index (κ2) is 6.00.